The standard InChI is InChI=1S/C12H15NO2/c1-8-5-10-6-9(12(14)15)3-4-11(10)13(2)7-8/h3-4,6,8H,5,7H2,1-2H3,(H,14,15). The van der Waals surface area contributed by atoms with Crippen molar-refractivity contribution in [2.24, 2.45) is 5.92 Å². The van der Waals surface area contributed by atoms with E-state index in [9.17, 15) is 4.79 Å². The van der Waals surface area contributed by atoms with Gasteiger partial charge in [-0.05, 0) is 36.1 Å². The van der Waals surface area contributed by atoms with Gasteiger partial charge in [-0.1, -0.05) is 6.92 Å². The van der Waals surface area contributed by atoms with Gasteiger partial charge in [0.25, 0.3) is 0 Å². The molecule has 3 heteroatoms. The van der Waals surface area contributed by atoms with E-state index in [2.05, 4.69) is 18.9 Å². The molecule has 80 valence electrons. The van der Waals surface area contributed by atoms with Crippen molar-refractivity contribution in [3.8, 4) is 0 Å². The van der Waals surface area contributed by atoms with Gasteiger partial charge < -0.3 is 10.0 Å². The van der Waals surface area contributed by atoms with Gasteiger partial charge >= 0.3 is 5.97 Å². The van der Waals surface area contributed by atoms with E-state index in [1.54, 1.807) is 12.1 Å². The molecule has 1 N–H and O–H groups in total. The van der Waals surface area contributed by atoms with Crippen molar-refractivity contribution in [3.05, 3.63) is 29.3 Å². The molecule has 0 bridgehead atoms. The number of aromatic carboxylic acids is 1. The summed E-state index contributed by atoms with van der Waals surface area (Å²) >= 11 is 0. The highest BCUT2D eigenvalue weighted by molar-refractivity contribution is 5.88. The number of carbonyl (C=O) groups is 1. The minimum absolute atomic E-state index is 0.385. The van der Waals surface area contributed by atoms with E-state index >= 15 is 0 Å². The van der Waals surface area contributed by atoms with E-state index < -0.39 is 5.97 Å². The highest BCUT2D eigenvalue weighted by Gasteiger charge is 2.19. The monoisotopic (exact) mass is 205 g/mol. The maximum absolute atomic E-state index is 10.8. The van der Waals surface area contributed by atoms with Crippen LogP contribution in [0, 0.1) is 5.92 Å². The SMILES string of the molecule is CC1Cc2cc(C(=O)O)ccc2N(C)C1. The van der Waals surface area contributed by atoms with Crippen molar-refractivity contribution in [3.63, 3.8) is 0 Å². The third-order valence-electron chi connectivity index (χ3n) is 2.89. The molecule has 0 fully saturated rings. The van der Waals surface area contributed by atoms with Crippen molar-refractivity contribution in [2.75, 3.05) is 18.5 Å². The Morgan fingerprint density at radius 1 is 1.53 bits per heavy atom. The van der Waals surface area contributed by atoms with Crippen molar-refractivity contribution in [2.45, 2.75) is 13.3 Å². The molecule has 0 aliphatic carbocycles. The predicted molar refractivity (Wildman–Crippen MR) is 59.5 cm³/mol. The van der Waals surface area contributed by atoms with Gasteiger partial charge in [-0.15, -0.1) is 0 Å². The van der Waals surface area contributed by atoms with Crippen LogP contribution in [0.1, 0.15) is 22.8 Å². The molecule has 1 aromatic rings. The molecule has 1 unspecified atom stereocenters. The molecule has 1 aliphatic rings. The van der Waals surface area contributed by atoms with Crippen LogP contribution in [-0.2, 0) is 6.42 Å². The number of fused-ring (bicyclic) bond motifs is 1. The number of anilines is 1. The number of nitrogens with zero attached hydrogens (tertiary/aromatic N) is 1. The zero-order valence-electron chi connectivity index (χ0n) is 9.03. The normalized spacial score (nSPS) is 19.9. The van der Waals surface area contributed by atoms with Crippen molar-refractivity contribution < 1.29 is 9.90 Å². The summed E-state index contributed by atoms with van der Waals surface area (Å²) < 4.78 is 0. The number of hydrogen-bond acceptors (Lipinski definition) is 2. The number of benzene rings is 1. The Bertz CT molecular complexity index is 401. The number of rotatable bonds is 1. The number of hydrogen-bond donors (Lipinski definition) is 1. The fraction of sp³-hybridized carbons (Fsp3) is 0.417. The van der Waals surface area contributed by atoms with Gasteiger partial charge in [0.1, 0.15) is 0 Å². The maximum Gasteiger partial charge on any atom is 0.335 e. The lowest BCUT2D eigenvalue weighted by atomic mass is 9.93. The van der Waals surface area contributed by atoms with E-state index in [0.717, 1.165) is 24.2 Å². The summed E-state index contributed by atoms with van der Waals surface area (Å²) in [5, 5.41) is 8.90. The molecular formula is C12H15NO2. The van der Waals surface area contributed by atoms with Crippen LogP contribution in [0.5, 0.6) is 0 Å². The molecule has 0 aromatic heterocycles. The summed E-state index contributed by atoms with van der Waals surface area (Å²) in [5.41, 5.74) is 2.70. The summed E-state index contributed by atoms with van der Waals surface area (Å²) in [5.74, 6) is -0.259. The lowest BCUT2D eigenvalue weighted by molar-refractivity contribution is 0.0696. The molecule has 0 saturated carbocycles. The highest BCUT2D eigenvalue weighted by Crippen LogP contribution is 2.29. The summed E-state index contributed by atoms with van der Waals surface area (Å²) in [6, 6.07) is 5.38. The zero-order chi connectivity index (χ0) is 11.0. The number of carboxylic acids is 1. The lowest BCUT2D eigenvalue weighted by Crippen LogP contribution is -2.30. The van der Waals surface area contributed by atoms with E-state index in [1.807, 2.05) is 6.07 Å². The number of carboxylic acid groups (broad SMARTS) is 1. The van der Waals surface area contributed by atoms with Crippen molar-refractivity contribution in [1.29, 1.82) is 0 Å². The molecule has 1 aliphatic heterocycles. The third-order valence-corrected chi connectivity index (χ3v) is 2.89. The van der Waals surface area contributed by atoms with E-state index in [1.165, 1.54) is 0 Å². The van der Waals surface area contributed by atoms with Gasteiger partial charge in [0.05, 0.1) is 5.56 Å². The van der Waals surface area contributed by atoms with Crippen LogP contribution in [0.15, 0.2) is 18.2 Å². The average molecular weight is 205 g/mol. The minimum Gasteiger partial charge on any atom is -0.478 e. The van der Waals surface area contributed by atoms with Crippen LogP contribution in [0.4, 0.5) is 5.69 Å². The second kappa shape index (κ2) is 3.57. The van der Waals surface area contributed by atoms with Gasteiger partial charge in [-0.2, -0.15) is 0 Å². The quantitative estimate of drug-likeness (QED) is 0.762. The second-order valence-corrected chi connectivity index (χ2v) is 4.34. The topological polar surface area (TPSA) is 40.5 Å². The fourth-order valence-corrected chi connectivity index (χ4v) is 2.26. The van der Waals surface area contributed by atoms with Gasteiger partial charge in [0.2, 0.25) is 0 Å². The Balaban J connectivity index is 2.43. The highest BCUT2D eigenvalue weighted by atomic mass is 16.4. The van der Waals surface area contributed by atoms with Crippen LogP contribution < -0.4 is 4.90 Å². The Kier molecular flexibility index (Phi) is 2.39. The second-order valence-electron chi connectivity index (χ2n) is 4.34. The average Bonchev–Trinajstić information content (AvgIpc) is 2.16. The molecule has 0 radical (unpaired) electrons. The van der Waals surface area contributed by atoms with E-state index in [0.29, 0.717) is 11.5 Å². The van der Waals surface area contributed by atoms with Crippen LogP contribution in [0.25, 0.3) is 0 Å². The Morgan fingerprint density at radius 3 is 2.93 bits per heavy atom. The molecule has 2 rings (SSSR count). The van der Waals surface area contributed by atoms with E-state index in [-0.39, 0.29) is 0 Å². The Morgan fingerprint density at radius 2 is 2.27 bits per heavy atom. The summed E-state index contributed by atoms with van der Waals surface area (Å²) in [7, 11) is 2.05. The molecule has 0 amide bonds. The fourth-order valence-electron chi connectivity index (χ4n) is 2.26. The molecule has 0 spiro atoms. The van der Waals surface area contributed by atoms with Crippen molar-refractivity contribution >= 4 is 11.7 Å². The van der Waals surface area contributed by atoms with Gasteiger partial charge in [-0.25, -0.2) is 4.79 Å². The first kappa shape index (κ1) is 10.0. The largest absolute Gasteiger partial charge is 0.478 e. The van der Waals surface area contributed by atoms with Crippen LogP contribution in [-0.4, -0.2) is 24.7 Å². The minimum atomic E-state index is -0.848. The lowest BCUT2D eigenvalue weighted by Gasteiger charge is -2.31. The van der Waals surface area contributed by atoms with Crippen molar-refractivity contribution in [1.82, 2.24) is 0 Å². The van der Waals surface area contributed by atoms with Crippen LogP contribution in [0.3, 0.4) is 0 Å². The summed E-state index contributed by atoms with van der Waals surface area (Å²) in [6.07, 6.45) is 0.973. The predicted octanol–water partition coefficient (Wildman–Crippen LogP) is 2.01. The zero-order valence-corrected chi connectivity index (χ0v) is 9.03. The van der Waals surface area contributed by atoms with Gasteiger partial charge in [0, 0.05) is 19.3 Å². The first-order valence-corrected chi connectivity index (χ1v) is 5.15. The van der Waals surface area contributed by atoms with Gasteiger partial charge in [-0.3, -0.25) is 0 Å². The summed E-state index contributed by atoms with van der Waals surface area (Å²) in [4.78, 5) is 13.0. The first-order chi connectivity index (χ1) is 7.08. The molecule has 15 heavy (non-hydrogen) atoms. The molecule has 0 saturated heterocycles. The molecule has 1 atom stereocenters. The van der Waals surface area contributed by atoms with E-state index in [4.69, 9.17) is 5.11 Å². The summed E-state index contributed by atoms with van der Waals surface area (Å²) in [6.45, 7) is 3.23. The molecule has 1 aromatic carbocycles. The Hall–Kier alpha value is -1.51. The smallest absolute Gasteiger partial charge is 0.335 e. The maximum atomic E-state index is 10.8. The molecule has 1 heterocycles. The van der Waals surface area contributed by atoms with Gasteiger partial charge in [0.15, 0.2) is 0 Å². The molecular weight excluding hydrogens is 190 g/mol. The Labute approximate surface area is 89.3 Å². The molecule has 3 nitrogen and oxygen atoms in total. The van der Waals surface area contributed by atoms with Crippen LogP contribution >= 0.6 is 0 Å². The third kappa shape index (κ3) is 1.82. The first-order valence-electron chi connectivity index (χ1n) is 5.15. The van der Waals surface area contributed by atoms with Crippen LogP contribution in [0.2, 0.25) is 0 Å².